The van der Waals surface area contributed by atoms with Crippen LogP contribution >= 0.6 is 0 Å². The molecule has 0 spiro atoms. The highest BCUT2D eigenvalue weighted by atomic mass is 16.5. The second-order valence-electron chi connectivity index (χ2n) is 5.67. The minimum Gasteiger partial charge on any atom is -0.377 e. The Morgan fingerprint density at radius 1 is 1.35 bits per heavy atom. The highest BCUT2D eigenvalue weighted by Gasteiger charge is 2.30. The molecule has 3 atom stereocenters. The molecule has 0 saturated carbocycles. The molecule has 0 bridgehead atoms. The van der Waals surface area contributed by atoms with Crippen molar-refractivity contribution in [3.8, 4) is 0 Å². The molecule has 2 aliphatic heterocycles. The van der Waals surface area contributed by atoms with Crippen LogP contribution in [0.25, 0.3) is 0 Å². The zero-order valence-corrected chi connectivity index (χ0v) is 11.5. The van der Waals surface area contributed by atoms with E-state index in [2.05, 4.69) is 24.1 Å². The van der Waals surface area contributed by atoms with Gasteiger partial charge in [-0.15, -0.1) is 0 Å². The average molecular weight is 240 g/mol. The molecule has 0 aromatic heterocycles. The van der Waals surface area contributed by atoms with Crippen molar-refractivity contribution in [2.75, 3.05) is 32.8 Å². The van der Waals surface area contributed by atoms with E-state index < -0.39 is 0 Å². The van der Waals surface area contributed by atoms with Gasteiger partial charge in [-0.1, -0.05) is 13.8 Å². The number of rotatable bonds is 4. The van der Waals surface area contributed by atoms with Crippen molar-refractivity contribution in [3.63, 3.8) is 0 Å². The first-order valence-corrected chi connectivity index (χ1v) is 7.37. The fraction of sp³-hybridized carbons (Fsp3) is 1.00. The van der Waals surface area contributed by atoms with Gasteiger partial charge in [0.1, 0.15) is 0 Å². The van der Waals surface area contributed by atoms with Crippen LogP contribution in [0.2, 0.25) is 0 Å². The number of nitrogens with zero attached hydrogens (tertiary/aromatic N) is 1. The van der Waals surface area contributed by atoms with Gasteiger partial charge in [-0.3, -0.25) is 4.90 Å². The van der Waals surface area contributed by atoms with Crippen molar-refractivity contribution < 1.29 is 4.74 Å². The van der Waals surface area contributed by atoms with E-state index in [0.29, 0.717) is 6.10 Å². The van der Waals surface area contributed by atoms with Gasteiger partial charge >= 0.3 is 0 Å². The fourth-order valence-corrected chi connectivity index (χ4v) is 3.23. The summed E-state index contributed by atoms with van der Waals surface area (Å²) in [5, 5.41) is 3.49. The number of hydrogen-bond acceptors (Lipinski definition) is 3. The molecule has 17 heavy (non-hydrogen) atoms. The van der Waals surface area contributed by atoms with Gasteiger partial charge in [-0.25, -0.2) is 0 Å². The number of hydrogen-bond donors (Lipinski definition) is 1. The topological polar surface area (TPSA) is 24.5 Å². The maximum absolute atomic E-state index is 5.93. The molecule has 2 rings (SSSR count). The predicted octanol–water partition coefficient (Wildman–Crippen LogP) is 1.88. The zero-order chi connectivity index (χ0) is 12.1. The first kappa shape index (κ1) is 13.3. The summed E-state index contributed by atoms with van der Waals surface area (Å²) in [6.07, 6.45) is 5.51. The highest BCUT2D eigenvalue weighted by molar-refractivity contribution is 4.86. The summed E-state index contributed by atoms with van der Waals surface area (Å²) in [5.74, 6) is 0.786. The third kappa shape index (κ3) is 3.67. The van der Waals surface area contributed by atoms with Crippen LogP contribution in [0.5, 0.6) is 0 Å². The van der Waals surface area contributed by atoms with Crippen molar-refractivity contribution in [1.29, 1.82) is 0 Å². The van der Waals surface area contributed by atoms with Crippen molar-refractivity contribution in [2.45, 2.75) is 51.7 Å². The largest absolute Gasteiger partial charge is 0.377 e. The lowest BCUT2D eigenvalue weighted by Gasteiger charge is -2.43. The standard InChI is InChI=1S/C14H28N2O/c1-3-9-17-13-5-4-8-16(11-13)14-6-7-15-10-12(14)2/h12-15H,3-11H2,1-2H3. The second-order valence-corrected chi connectivity index (χ2v) is 5.67. The molecule has 100 valence electrons. The molecule has 3 unspecified atom stereocenters. The van der Waals surface area contributed by atoms with Crippen LogP contribution in [0.4, 0.5) is 0 Å². The molecule has 0 aromatic carbocycles. The third-order valence-corrected chi connectivity index (χ3v) is 4.18. The Morgan fingerprint density at radius 3 is 3.00 bits per heavy atom. The average Bonchev–Trinajstić information content (AvgIpc) is 2.37. The molecule has 0 aromatic rings. The van der Waals surface area contributed by atoms with Gasteiger partial charge in [0, 0.05) is 19.2 Å². The van der Waals surface area contributed by atoms with E-state index in [-0.39, 0.29) is 0 Å². The van der Waals surface area contributed by atoms with Crippen LogP contribution < -0.4 is 5.32 Å². The zero-order valence-electron chi connectivity index (χ0n) is 11.5. The Bertz CT molecular complexity index is 222. The fourth-order valence-electron chi connectivity index (χ4n) is 3.23. The third-order valence-electron chi connectivity index (χ3n) is 4.18. The van der Waals surface area contributed by atoms with Crippen molar-refractivity contribution in [1.82, 2.24) is 10.2 Å². The lowest BCUT2D eigenvalue weighted by atomic mass is 9.91. The molecular formula is C14H28N2O. The quantitative estimate of drug-likeness (QED) is 0.812. The van der Waals surface area contributed by atoms with Gasteiger partial charge in [0.25, 0.3) is 0 Å². The molecule has 2 heterocycles. The molecule has 2 saturated heterocycles. The lowest BCUT2D eigenvalue weighted by molar-refractivity contribution is -0.0238. The Balaban J connectivity index is 1.83. The van der Waals surface area contributed by atoms with Crippen LogP contribution in [0, 0.1) is 5.92 Å². The maximum Gasteiger partial charge on any atom is 0.0702 e. The number of piperidine rings is 2. The summed E-state index contributed by atoms with van der Waals surface area (Å²) >= 11 is 0. The molecule has 0 aliphatic carbocycles. The molecule has 2 fully saturated rings. The van der Waals surface area contributed by atoms with Gasteiger partial charge in [0.15, 0.2) is 0 Å². The Labute approximate surface area is 106 Å². The summed E-state index contributed by atoms with van der Waals surface area (Å²) in [4.78, 5) is 2.69. The van der Waals surface area contributed by atoms with E-state index in [9.17, 15) is 0 Å². The Morgan fingerprint density at radius 2 is 2.24 bits per heavy atom. The van der Waals surface area contributed by atoms with E-state index >= 15 is 0 Å². The molecule has 3 nitrogen and oxygen atoms in total. The number of likely N-dealkylation sites (tertiary alicyclic amines) is 1. The monoisotopic (exact) mass is 240 g/mol. The minimum absolute atomic E-state index is 0.491. The molecule has 3 heteroatoms. The van der Waals surface area contributed by atoms with E-state index in [1.807, 2.05) is 0 Å². The lowest BCUT2D eigenvalue weighted by Crippen LogP contribution is -2.53. The Hall–Kier alpha value is -0.120. The summed E-state index contributed by atoms with van der Waals surface area (Å²) < 4.78 is 5.93. The van der Waals surface area contributed by atoms with Crippen molar-refractivity contribution in [3.05, 3.63) is 0 Å². The van der Waals surface area contributed by atoms with Gasteiger partial charge in [0.2, 0.25) is 0 Å². The van der Waals surface area contributed by atoms with Crippen LogP contribution in [-0.2, 0) is 4.74 Å². The van der Waals surface area contributed by atoms with E-state index in [1.54, 1.807) is 0 Å². The predicted molar refractivity (Wildman–Crippen MR) is 71.3 cm³/mol. The minimum atomic E-state index is 0.491. The van der Waals surface area contributed by atoms with E-state index in [4.69, 9.17) is 4.74 Å². The summed E-state index contributed by atoms with van der Waals surface area (Å²) in [6.45, 7) is 10.3. The van der Waals surface area contributed by atoms with Gasteiger partial charge in [0.05, 0.1) is 6.10 Å². The SMILES string of the molecule is CCCOC1CCCN(C2CCNCC2C)C1. The number of ether oxygens (including phenoxy) is 1. The van der Waals surface area contributed by atoms with Crippen molar-refractivity contribution >= 4 is 0 Å². The van der Waals surface area contributed by atoms with E-state index in [0.717, 1.165) is 31.5 Å². The smallest absolute Gasteiger partial charge is 0.0702 e. The molecule has 2 aliphatic rings. The first-order chi connectivity index (χ1) is 8.31. The summed E-state index contributed by atoms with van der Waals surface area (Å²) in [6, 6.07) is 0.782. The highest BCUT2D eigenvalue weighted by Crippen LogP contribution is 2.23. The first-order valence-electron chi connectivity index (χ1n) is 7.37. The molecule has 0 radical (unpaired) electrons. The van der Waals surface area contributed by atoms with Crippen molar-refractivity contribution in [2.24, 2.45) is 5.92 Å². The molecular weight excluding hydrogens is 212 g/mol. The normalized spacial score (nSPS) is 36.0. The second kappa shape index (κ2) is 6.72. The molecule has 1 N–H and O–H groups in total. The van der Waals surface area contributed by atoms with Crippen LogP contribution in [0.3, 0.4) is 0 Å². The van der Waals surface area contributed by atoms with Crippen LogP contribution in [0.1, 0.15) is 39.5 Å². The molecule has 0 amide bonds. The van der Waals surface area contributed by atoms with Gasteiger partial charge < -0.3 is 10.1 Å². The van der Waals surface area contributed by atoms with Crippen LogP contribution in [0.15, 0.2) is 0 Å². The van der Waals surface area contributed by atoms with Gasteiger partial charge in [-0.05, 0) is 51.2 Å². The summed E-state index contributed by atoms with van der Waals surface area (Å²) in [7, 11) is 0. The Kier molecular flexibility index (Phi) is 5.26. The number of nitrogens with one attached hydrogen (secondary N) is 1. The van der Waals surface area contributed by atoms with Gasteiger partial charge in [-0.2, -0.15) is 0 Å². The van der Waals surface area contributed by atoms with E-state index in [1.165, 1.54) is 38.9 Å². The summed E-state index contributed by atoms with van der Waals surface area (Å²) in [5.41, 5.74) is 0. The maximum atomic E-state index is 5.93. The van der Waals surface area contributed by atoms with Crippen LogP contribution in [-0.4, -0.2) is 49.8 Å².